The van der Waals surface area contributed by atoms with Gasteiger partial charge < -0.3 is 19.7 Å². The van der Waals surface area contributed by atoms with Crippen LogP contribution in [0.1, 0.15) is 0 Å². The summed E-state index contributed by atoms with van der Waals surface area (Å²) in [6, 6.07) is 16.7. The summed E-state index contributed by atoms with van der Waals surface area (Å²) >= 11 is 0. The van der Waals surface area contributed by atoms with Gasteiger partial charge >= 0.3 is 6.03 Å². The van der Waals surface area contributed by atoms with E-state index in [9.17, 15) is 4.79 Å². The number of amides is 2. The van der Waals surface area contributed by atoms with E-state index in [1.165, 1.54) is 4.90 Å². The van der Waals surface area contributed by atoms with Crippen molar-refractivity contribution in [3.63, 3.8) is 0 Å². The molecule has 0 aromatic heterocycles. The molecule has 0 aliphatic rings. The maximum atomic E-state index is 11.6. The van der Waals surface area contributed by atoms with Crippen molar-refractivity contribution in [3.05, 3.63) is 54.6 Å². The third kappa shape index (κ3) is 5.01. The van der Waals surface area contributed by atoms with Crippen molar-refractivity contribution in [2.75, 3.05) is 32.6 Å². The molecule has 0 unspecified atom stereocenters. The molecule has 1 N–H and O–H groups in total. The van der Waals surface area contributed by atoms with Crippen LogP contribution in [0.15, 0.2) is 54.6 Å². The first-order chi connectivity index (χ1) is 10.6. The largest absolute Gasteiger partial charge is 0.490 e. The lowest BCUT2D eigenvalue weighted by atomic mass is 10.3. The van der Waals surface area contributed by atoms with Gasteiger partial charge in [-0.1, -0.05) is 24.3 Å². The number of nitrogens with one attached hydrogen (secondary N) is 1. The first kappa shape index (κ1) is 15.7. The van der Waals surface area contributed by atoms with Crippen LogP contribution in [0.2, 0.25) is 0 Å². The zero-order valence-corrected chi connectivity index (χ0v) is 12.8. The van der Waals surface area contributed by atoms with E-state index in [0.29, 0.717) is 24.7 Å². The van der Waals surface area contributed by atoms with Crippen molar-refractivity contribution in [3.8, 4) is 11.5 Å². The lowest BCUT2D eigenvalue weighted by Gasteiger charge is -2.13. The summed E-state index contributed by atoms with van der Waals surface area (Å²) in [5.41, 5.74) is 0.695. The molecule has 2 aromatic carbocycles. The second-order valence-electron chi connectivity index (χ2n) is 4.86. The molecule has 2 amide bonds. The van der Waals surface area contributed by atoms with Crippen molar-refractivity contribution in [1.82, 2.24) is 4.90 Å². The number of benzene rings is 2. The van der Waals surface area contributed by atoms with E-state index in [1.807, 2.05) is 48.5 Å². The highest BCUT2D eigenvalue weighted by Crippen LogP contribution is 2.17. The normalized spacial score (nSPS) is 9.91. The number of hydrogen-bond donors (Lipinski definition) is 1. The monoisotopic (exact) mass is 300 g/mol. The Labute approximate surface area is 130 Å². The number of ether oxygens (including phenoxy) is 2. The molecule has 2 rings (SSSR count). The maximum absolute atomic E-state index is 11.6. The van der Waals surface area contributed by atoms with Crippen LogP contribution < -0.4 is 14.8 Å². The predicted octanol–water partition coefficient (Wildman–Crippen LogP) is 3.24. The van der Waals surface area contributed by atoms with E-state index >= 15 is 0 Å². The molecular formula is C17H20N2O3. The van der Waals surface area contributed by atoms with Crippen LogP contribution in [0, 0.1) is 0 Å². The summed E-state index contributed by atoms with van der Waals surface area (Å²) in [7, 11) is 3.38. The molecule has 0 saturated carbocycles. The molecular weight excluding hydrogens is 280 g/mol. The van der Waals surface area contributed by atoms with Gasteiger partial charge in [0.25, 0.3) is 0 Å². The number of hydrogen-bond acceptors (Lipinski definition) is 3. The fourth-order valence-corrected chi connectivity index (χ4v) is 1.73. The Morgan fingerprint density at radius 1 is 0.955 bits per heavy atom. The molecule has 0 radical (unpaired) electrons. The minimum absolute atomic E-state index is 0.176. The van der Waals surface area contributed by atoms with Crippen molar-refractivity contribution in [2.45, 2.75) is 0 Å². The van der Waals surface area contributed by atoms with E-state index in [0.717, 1.165) is 5.75 Å². The van der Waals surface area contributed by atoms with E-state index in [-0.39, 0.29) is 6.03 Å². The van der Waals surface area contributed by atoms with Crippen molar-refractivity contribution >= 4 is 11.7 Å². The fourth-order valence-electron chi connectivity index (χ4n) is 1.73. The van der Waals surface area contributed by atoms with Crippen LogP contribution in [-0.2, 0) is 0 Å². The summed E-state index contributed by atoms with van der Waals surface area (Å²) < 4.78 is 11.2. The number of anilines is 1. The minimum atomic E-state index is -0.176. The first-order valence-electron chi connectivity index (χ1n) is 7.04. The SMILES string of the molecule is CN(C)C(=O)Nc1cccc(OCCOc2ccccc2)c1. The van der Waals surface area contributed by atoms with E-state index < -0.39 is 0 Å². The van der Waals surface area contributed by atoms with Gasteiger partial charge in [-0.2, -0.15) is 0 Å². The molecule has 0 spiro atoms. The second kappa shape index (κ2) is 7.93. The molecule has 0 aliphatic carbocycles. The van der Waals surface area contributed by atoms with Crippen LogP contribution >= 0.6 is 0 Å². The molecule has 0 atom stereocenters. The number of rotatable bonds is 6. The third-order valence-electron chi connectivity index (χ3n) is 2.86. The topological polar surface area (TPSA) is 50.8 Å². The van der Waals surface area contributed by atoms with E-state index in [1.54, 1.807) is 20.2 Å². The van der Waals surface area contributed by atoms with Crippen LogP contribution in [0.5, 0.6) is 11.5 Å². The summed E-state index contributed by atoms with van der Waals surface area (Å²) in [4.78, 5) is 13.1. The highest BCUT2D eigenvalue weighted by atomic mass is 16.5. The Morgan fingerprint density at radius 2 is 1.59 bits per heavy atom. The molecule has 0 heterocycles. The molecule has 0 fully saturated rings. The summed E-state index contributed by atoms with van der Waals surface area (Å²) in [5.74, 6) is 1.51. The molecule has 5 heteroatoms. The van der Waals surface area contributed by atoms with Crippen LogP contribution in [0.3, 0.4) is 0 Å². The van der Waals surface area contributed by atoms with Crippen LogP contribution in [0.25, 0.3) is 0 Å². The lowest BCUT2D eigenvalue weighted by molar-refractivity contribution is 0.217. The molecule has 0 bridgehead atoms. The standard InChI is InChI=1S/C17H20N2O3/c1-19(2)17(20)18-14-7-6-10-16(13-14)22-12-11-21-15-8-4-3-5-9-15/h3-10,13H,11-12H2,1-2H3,(H,18,20). The number of carbonyl (C=O) groups excluding carboxylic acids is 1. The number of urea groups is 1. The average Bonchev–Trinajstić information content (AvgIpc) is 2.53. The summed E-state index contributed by atoms with van der Waals surface area (Å²) in [5, 5.41) is 2.77. The maximum Gasteiger partial charge on any atom is 0.321 e. The predicted molar refractivity (Wildman–Crippen MR) is 86.6 cm³/mol. The van der Waals surface area contributed by atoms with Gasteiger partial charge in [0.15, 0.2) is 0 Å². The van der Waals surface area contributed by atoms with Crippen molar-refractivity contribution in [2.24, 2.45) is 0 Å². The van der Waals surface area contributed by atoms with E-state index in [2.05, 4.69) is 5.32 Å². The molecule has 0 aliphatic heterocycles. The number of para-hydroxylation sites is 1. The summed E-state index contributed by atoms with van der Waals surface area (Å²) in [6.07, 6.45) is 0. The fraction of sp³-hybridized carbons (Fsp3) is 0.235. The zero-order valence-electron chi connectivity index (χ0n) is 12.8. The second-order valence-corrected chi connectivity index (χ2v) is 4.86. The number of nitrogens with zero attached hydrogens (tertiary/aromatic N) is 1. The highest BCUT2D eigenvalue weighted by molar-refractivity contribution is 5.89. The van der Waals surface area contributed by atoms with Crippen molar-refractivity contribution in [1.29, 1.82) is 0 Å². The third-order valence-corrected chi connectivity index (χ3v) is 2.86. The van der Waals surface area contributed by atoms with Crippen molar-refractivity contribution < 1.29 is 14.3 Å². The van der Waals surface area contributed by atoms with Gasteiger partial charge in [0, 0.05) is 25.8 Å². The average molecular weight is 300 g/mol. The molecule has 5 nitrogen and oxygen atoms in total. The van der Waals surface area contributed by atoms with Gasteiger partial charge in [0.1, 0.15) is 24.7 Å². The highest BCUT2D eigenvalue weighted by Gasteiger charge is 2.04. The smallest absolute Gasteiger partial charge is 0.321 e. The Morgan fingerprint density at radius 3 is 2.27 bits per heavy atom. The van der Waals surface area contributed by atoms with Gasteiger partial charge in [-0.05, 0) is 24.3 Å². The Bertz CT molecular complexity index is 600. The molecule has 22 heavy (non-hydrogen) atoms. The quantitative estimate of drug-likeness (QED) is 0.833. The summed E-state index contributed by atoms with van der Waals surface area (Å²) in [6.45, 7) is 0.887. The van der Waals surface area contributed by atoms with Gasteiger partial charge in [-0.15, -0.1) is 0 Å². The van der Waals surface area contributed by atoms with Gasteiger partial charge in [-0.25, -0.2) is 4.79 Å². The zero-order chi connectivity index (χ0) is 15.8. The Hall–Kier alpha value is -2.69. The van der Waals surface area contributed by atoms with Crippen LogP contribution in [-0.4, -0.2) is 38.2 Å². The minimum Gasteiger partial charge on any atom is -0.490 e. The Kier molecular flexibility index (Phi) is 5.65. The van der Waals surface area contributed by atoms with Crippen LogP contribution in [0.4, 0.5) is 10.5 Å². The van der Waals surface area contributed by atoms with Gasteiger partial charge in [0.2, 0.25) is 0 Å². The first-order valence-corrected chi connectivity index (χ1v) is 7.04. The van der Waals surface area contributed by atoms with Gasteiger partial charge in [-0.3, -0.25) is 0 Å². The van der Waals surface area contributed by atoms with Gasteiger partial charge in [0.05, 0.1) is 0 Å². The molecule has 2 aromatic rings. The Balaban J connectivity index is 1.79. The molecule has 0 saturated heterocycles. The van der Waals surface area contributed by atoms with E-state index in [4.69, 9.17) is 9.47 Å². The lowest BCUT2D eigenvalue weighted by Crippen LogP contribution is -2.27. The molecule has 116 valence electrons. The number of carbonyl (C=O) groups is 1.